The molecule has 0 spiro atoms. The second-order valence-corrected chi connectivity index (χ2v) is 6.56. The minimum Gasteiger partial charge on any atom is -0.387 e. The van der Waals surface area contributed by atoms with Crippen LogP contribution < -0.4 is 5.32 Å². The van der Waals surface area contributed by atoms with Gasteiger partial charge >= 0.3 is 0 Å². The molecule has 2 N–H and O–H groups in total. The molecule has 4 rings (SSSR count). The molecule has 3 heteroatoms. The molecule has 120 valence electrons. The lowest BCUT2D eigenvalue weighted by Gasteiger charge is -2.22. The van der Waals surface area contributed by atoms with Gasteiger partial charge in [-0.1, -0.05) is 60.7 Å². The zero-order valence-corrected chi connectivity index (χ0v) is 13.3. The summed E-state index contributed by atoms with van der Waals surface area (Å²) in [5.74, 6) is -0.142. The van der Waals surface area contributed by atoms with Gasteiger partial charge in [-0.15, -0.1) is 0 Å². The number of hydrogen-bond acceptors (Lipinski definition) is 2. The molecule has 0 fully saturated rings. The quantitative estimate of drug-likeness (QED) is 0.780. The predicted octanol–water partition coefficient (Wildman–Crippen LogP) is 3.10. The highest BCUT2D eigenvalue weighted by Gasteiger charge is 2.35. The third-order valence-electron chi connectivity index (χ3n) is 4.77. The molecule has 24 heavy (non-hydrogen) atoms. The molecule has 3 aromatic carbocycles. The normalized spacial score (nSPS) is 15.2. The monoisotopic (exact) mass is 317 g/mol. The molecule has 1 amide bonds. The highest BCUT2D eigenvalue weighted by atomic mass is 16.3. The van der Waals surface area contributed by atoms with Crippen LogP contribution in [0, 0.1) is 0 Å². The Morgan fingerprint density at radius 3 is 2.29 bits per heavy atom. The Labute approximate surface area is 140 Å². The van der Waals surface area contributed by atoms with Crippen molar-refractivity contribution in [2.75, 3.05) is 6.54 Å². The largest absolute Gasteiger partial charge is 0.387 e. The number of benzene rings is 3. The van der Waals surface area contributed by atoms with E-state index in [9.17, 15) is 9.90 Å². The number of fused-ring (bicyclic) bond motifs is 2. The Bertz CT molecular complexity index is 886. The molecule has 3 nitrogen and oxygen atoms in total. The molecule has 0 atom stereocenters. The van der Waals surface area contributed by atoms with Gasteiger partial charge in [-0.3, -0.25) is 4.79 Å². The van der Waals surface area contributed by atoms with E-state index in [1.54, 1.807) is 0 Å². The second kappa shape index (κ2) is 5.77. The zero-order chi connectivity index (χ0) is 16.6. The fourth-order valence-corrected chi connectivity index (χ4v) is 3.56. The molecule has 0 aromatic heterocycles. The topological polar surface area (TPSA) is 49.3 Å². The number of carbonyl (C=O) groups excluding carboxylic acids is 1. The van der Waals surface area contributed by atoms with Gasteiger partial charge in [-0.25, -0.2) is 0 Å². The van der Waals surface area contributed by atoms with Crippen LogP contribution in [0.15, 0.2) is 66.7 Å². The summed E-state index contributed by atoms with van der Waals surface area (Å²) in [4.78, 5) is 12.6. The van der Waals surface area contributed by atoms with Crippen molar-refractivity contribution >= 4 is 16.7 Å². The fourth-order valence-electron chi connectivity index (χ4n) is 3.56. The van der Waals surface area contributed by atoms with Crippen molar-refractivity contribution in [2.45, 2.75) is 18.4 Å². The van der Waals surface area contributed by atoms with Crippen LogP contribution in [0.2, 0.25) is 0 Å². The minimum absolute atomic E-state index is 0.142. The maximum Gasteiger partial charge on any atom is 0.252 e. The molecule has 0 unspecified atom stereocenters. The third-order valence-corrected chi connectivity index (χ3v) is 4.77. The van der Waals surface area contributed by atoms with Crippen LogP contribution in [0.5, 0.6) is 0 Å². The van der Waals surface area contributed by atoms with E-state index in [1.807, 2.05) is 66.7 Å². The van der Waals surface area contributed by atoms with Crippen molar-refractivity contribution in [3.8, 4) is 0 Å². The molecular weight excluding hydrogens is 298 g/mol. The Morgan fingerprint density at radius 2 is 1.54 bits per heavy atom. The smallest absolute Gasteiger partial charge is 0.252 e. The molecule has 0 aliphatic heterocycles. The number of hydrogen-bond donors (Lipinski definition) is 2. The van der Waals surface area contributed by atoms with Crippen LogP contribution in [0.3, 0.4) is 0 Å². The molecule has 1 aliphatic rings. The Balaban J connectivity index is 1.51. The van der Waals surface area contributed by atoms with E-state index in [4.69, 9.17) is 0 Å². The van der Waals surface area contributed by atoms with Gasteiger partial charge in [-0.2, -0.15) is 0 Å². The highest BCUT2D eigenvalue weighted by Crippen LogP contribution is 2.29. The summed E-state index contributed by atoms with van der Waals surface area (Å²) in [5.41, 5.74) is 2.08. The predicted molar refractivity (Wildman–Crippen MR) is 95.1 cm³/mol. The second-order valence-electron chi connectivity index (χ2n) is 6.56. The van der Waals surface area contributed by atoms with Gasteiger partial charge in [0.15, 0.2) is 0 Å². The van der Waals surface area contributed by atoms with Gasteiger partial charge in [0.1, 0.15) is 0 Å². The van der Waals surface area contributed by atoms with Crippen molar-refractivity contribution in [3.63, 3.8) is 0 Å². The van der Waals surface area contributed by atoms with Gasteiger partial charge in [0.05, 0.1) is 5.60 Å². The van der Waals surface area contributed by atoms with Crippen LogP contribution in [0.4, 0.5) is 0 Å². The average Bonchev–Trinajstić information content (AvgIpc) is 2.96. The standard InChI is InChI=1S/C21H19NO2/c23-20(19-11-5-9-15-6-3-4-10-18(15)19)22-14-21(24)12-16-7-1-2-8-17(16)13-21/h1-11,24H,12-14H2,(H,22,23). The van der Waals surface area contributed by atoms with E-state index in [0.29, 0.717) is 18.4 Å². The number of aliphatic hydroxyl groups is 1. The van der Waals surface area contributed by atoms with Crippen molar-refractivity contribution in [1.29, 1.82) is 0 Å². The van der Waals surface area contributed by atoms with Gasteiger partial charge in [0.25, 0.3) is 5.91 Å². The Kier molecular flexibility index (Phi) is 3.58. The summed E-state index contributed by atoms with van der Waals surface area (Å²) in [6.07, 6.45) is 1.16. The van der Waals surface area contributed by atoms with Crippen LogP contribution >= 0.6 is 0 Å². The van der Waals surface area contributed by atoms with Crippen molar-refractivity contribution < 1.29 is 9.90 Å². The van der Waals surface area contributed by atoms with Crippen LogP contribution in [-0.4, -0.2) is 23.2 Å². The van der Waals surface area contributed by atoms with E-state index >= 15 is 0 Å². The van der Waals surface area contributed by atoms with Crippen LogP contribution in [-0.2, 0) is 12.8 Å². The van der Waals surface area contributed by atoms with Gasteiger partial charge < -0.3 is 10.4 Å². The summed E-state index contributed by atoms with van der Waals surface area (Å²) < 4.78 is 0. The summed E-state index contributed by atoms with van der Waals surface area (Å²) >= 11 is 0. The maximum absolute atomic E-state index is 12.6. The summed E-state index contributed by atoms with van der Waals surface area (Å²) in [6, 6.07) is 21.6. The van der Waals surface area contributed by atoms with Crippen LogP contribution in [0.1, 0.15) is 21.5 Å². The first-order valence-electron chi connectivity index (χ1n) is 8.20. The van der Waals surface area contributed by atoms with Crippen LogP contribution in [0.25, 0.3) is 10.8 Å². The van der Waals surface area contributed by atoms with E-state index in [-0.39, 0.29) is 12.5 Å². The van der Waals surface area contributed by atoms with Gasteiger partial charge in [0, 0.05) is 24.9 Å². The summed E-state index contributed by atoms with van der Waals surface area (Å²) in [5, 5.41) is 15.7. The zero-order valence-electron chi connectivity index (χ0n) is 13.3. The van der Waals surface area contributed by atoms with E-state index in [0.717, 1.165) is 10.8 Å². The van der Waals surface area contributed by atoms with Crippen molar-refractivity contribution in [2.24, 2.45) is 0 Å². The molecule has 0 radical (unpaired) electrons. The first-order valence-corrected chi connectivity index (χ1v) is 8.20. The van der Waals surface area contributed by atoms with Crippen molar-refractivity contribution in [1.82, 2.24) is 5.32 Å². The maximum atomic E-state index is 12.6. The third kappa shape index (κ3) is 2.68. The molecule has 3 aromatic rings. The molecule has 1 aliphatic carbocycles. The first kappa shape index (κ1) is 14.9. The van der Waals surface area contributed by atoms with Gasteiger partial charge in [-0.05, 0) is 28.0 Å². The average molecular weight is 317 g/mol. The summed E-state index contributed by atoms with van der Waals surface area (Å²) in [7, 11) is 0. The van der Waals surface area contributed by atoms with Crippen molar-refractivity contribution in [3.05, 3.63) is 83.4 Å². The van der Waals surface area contributed by atoms with E-state index < -0.39 is 5.60 Å². The molecule has 0 saturated heterocycles. The molecule has 0 saturated carbocycles. The molecular formula is C21H19NO2. The SMILES string of the molecule is O=C(NCC1(O)Cc2ccccc2C1)c1cccc2ccccc12. The first-order chi connectivity index (χ1) is 11.6. The fraction of sp³-hybridized carbons (Fsp3) is 0.190. The number of nitrogens with one attached hydrogen (secondary N) is 1. The Hall–Kier alpha value is -2.65. The van der Waals surface area contributed by atoms with E-state index in [2.05, 4.69) is 5.32 Å². The highest BCUT2D eigenvalue weighted by molar-refractivity contribution is 6.07. The number of carbonyl (C=O) groups is 1. The number of rotatable bonds is 3. The Morgan fingerprint density at radius 1 is 0.917 bits per heavy atom. The van der Waals surface area contributed by atoms with Gasteiger partial charge in [0.2, 0.25) is 0 Å². The summed E-state index contributed by atoms with van der Waals surface area (Å²) in [6.45, 7) is 0.254. The van der Waals surface area contributed by atoms with E-state index in [1.165, 1.54) is 11.1 Å². The molecule has 0 heterocycles. The lowest BCUT2D eigenvalue weighted by Crippen LogP contribution is -2.43. The number of amides is 1. The molecule has 0 bridgehead atoms. The minimum atomic E-state index is -0.899. The lowest BCUT2D eigenvalue weighted by molar-refractivity contribution is 0.0480. The lowest BCUT2D eigenvalue weighted by atomic mass is 9.99.